The molecular formula is C32H28Al5N8O8. The maximum absolute atomic E-state index is 13.8. The Morgan fingerprint density at radius 3 is 2.19 bits per heavy atom. The van der Waals surface area contributed by atoms with E-state index in [0.717, 1.165) is 25.3 Å². The summed E-state index contributed by atoms with van der Waals surface area (Å²) in [5, 5.41) is 8.40. The molecule has 1 N–H and O–H groups in total. The van der Waals surface area contributed by atoms with E-state index < -0.39 is 67.0 Å². The molecule has 2 saturated heterocycles. The smallest absolute Gasteiger partial charge is 0.605 e. The maximum Gasteiger partial charge on any atom is 0.884 e. The van der Waals surface area contributed by atoms with Crippen LogP contribution in [0.2, 0.25) is 17.4 Å². The van der Waals surface area contributed by atoms with E-state index in [1.165, 1.54) is 4.43 Å². The zero-order chi connectivity index (χ0) is 37.2. The number of fused-ring (bicyclic) bond motifs is 2. The minimum Gasteiger partial charge on any atom is -0.605 e. The van der Waals surface area contributed by atoms with Crippen LogP contribution in [0.5, 0.6) is 23.4 Å². The van der Waals surface area contributed by atoms with Crippen LogP contribution in [0.25, 0.3) is 0 Å². The molecule has 259 valence electrons. The SMILES string of the molecule is [CH3][Al][c]1ccc(Oc2nc(Oc3cc[c]([Al][CH3])cc3)c3c(n2)C(=O)[N]([Al][N]2C(=O)CC(C(=N)[O][Al][O]C4=NC5C[N]([Al][CH3])CC5C=N4)C2=O)C3=O)cc1. The second-order valence-electron chi connectivity index (χ2n) is 12.2. The van der Waals surface area contributed by atoms with Crippen LogP contribution < -0.4 is 18.3 Å². The van der Waals surface area contributed by atoms with Crippen molar-refractivity contribution in [1.29, 1.82) is 5.41 Å². The molecule has 0 saturated carbocycles. The number of hydrogen-bond acceptors (Lipinski definition) is 14. The lowest BCUT2D eigenvalue weighted by atomic mass is 10.1. The van der Waals surface area contributed by atoms with Crippen LogP contribution in [0.4, 0.5) is 0 Å². The average Bonchev–Trinajstić information content (AvgIpc) is 3.79. The Labute approximate surface area is 336 Å². The predicted octanol–water partition coefficient (Wildman–Crippen LogP) is 0.274. The van der Waals surface area contributed by atoms with Crippen molar-refractivity contribution in [1.82, 2.24) is 21.6 Å². The van der Waals surface area contributed by atoms with Gasteiger partial charge in [-0.1, -0.05) is 30.1 Å². The van der Waals surface area contributed by atoms with E-state index in [4.69, 9.17) is 22.5 Å². The highest BCUT2D eigenvalue weighted by atomic mass is 27.2. The number of rotatable bonds is 12. The van der Waals surface area contributed by atoms with E-state index in [2.05, 4.69) is 41.2 Å². The molecule has 5 heterocycles. The van der Waals surface area contributed by atoms with Crippen LogP contribution in [0.1, 0.15) is 27.3 Å². The molecule has 7 rings (SSSR count). The highest BCUT2D eigenvalue weighted by Crippen LogP contribution is 2.34. The van der Waals surface area contributed by atoms with E-state index in [0.29, 0.717) is 11.5 Å². The number of aromatic nitrogens is 2. The van der Waals surface area contributed by atoms with Gasteiger partial charge in [0.05, 0.1) is 6.04 Å². The van der Waals surface area contributed by atoms with E-state index >= 15 is 0 Å². The third-order valence-electron chi connectivity index (χ3n) is 9.00. The molecule has 1 aromatic heterocycles. The lowest BCUT2D eigenvalue weighted by molar-refractivity contribution is -0.133. The van der Waals surface area contributed by atoms with E-state index in [9.17, 15) is 19.2 Å². The van der Waals surface area contributed by atoms with Crippen molar-refractivity contribution in [3.63, 3.8) is 0 Å². The minimum absolute atomic E-state index is 0.0566. The Morgan fingerprint density at radius 1 is 0.849 bits per heavy atom. The molecule has 4 aliphatic rings. The molecule has 3 aromatic rings. The van der Waals surface area contributed by atoms with Gasteiger partial charge in [-0.2, -0.15) is 9.97 Å². The summed E-state index contributed by atoms with van der Waals surface area (Å²) < 4.78 is 29.4. The van der Waals surface area contributed by atoms with Crippen LogP contribution in [0, 0.1) is 17.2 Å². The van der Waals surface area contributed by atoms with E-state index in [-0.39, 0.29) is 93.4 Å². The average molecular weight is 788 g/mol. The summed E-state index contributed by atoms with van der Waals surface area (Å²) in [6, 6.07) is 14.7. The molecule has 4 aliphatic heterocycles. The third kappa shape index (κ3) is 8.19. The first-order valence-electron chi connectivity index (χ1n) is 16.7. The predicted molar refractivity (Wildman–Crippen MR) is 196 cm³/mol. The van der Waals surface area contributed by atoms with Crippen molar-refractivity contribution in [2.75, 3.05) is 13.1 Å². The fourth-order valence-electron chi connectivity index (χ4n) is 6.02. The number of carbonyl (C=O) groups excluding carboxylic acids is 4. The van der Waals surface area contributed by atoms with Gasteiger partial charge in [0.2, 0.25) is 54.0 Å². The lowest BCUT2D eigenvalue weighted by Gasteiger charge is -2.20. The molecule has 53 heavy (non-hydrogen) atoms. The molecule has 3 unspecified atom stereocenters. The molecule has 0 bridgehead atoms. The fraction of sp³-hybridized carbons (Fsp3) is 0.281. The van der Waals surface area contributed by atoms with Gasteiger partial charge in [0.15, 0.2) is 5.90 Å². The van der Waals surface area contributed by atoms with Crippen LogP contribution in [0.15, 0.2) is 58.5 Å². The first kappa shape index (κ1) is 37.9. The molecule has 0 spiro atoms. The Balaban J connectivity index is 1.04. The molecular weight excluding hydrogens is 759 g/mol. The van der Waals surface area contributed by atoms with Crippen molar-refractivity contribution in [3.8, 4) is 23.4 Å². The molecule has 4 amide bonds. The third-order valence-corrected chi connectivity index (χ3v) is 14.4. The zero-order valence-electron chi connectivity index (χ0n) is 28.8. The number of benzene rings is 2. The first-order valence-corrected chi connectivity index (χ1v) is 23.8. The number of amides is 4. The summed E-state index contributed by atoms with van der Waals surface area (Å²) in [7, 11) is 0. The minimum atomic E-state index is -1.71. The lowest BCUT2D eigenvalue weighted by Crippen LogP contribution is -2.48. The van der Waals surface area contributed by atoms with Crippen LogP contribution in [0.3, 0.4) is 0 Å². The van der Waals surface area contributed by atoms with Gasteiger partial charge in [-0.05, 0) is 30.8 Å². The quantitative estimate of drug-likeness (QED) is 0.115. The van der Waals surface area contributed by atoms with Crippen molar-refractivity contribution in [2.24, 2.45) is 21.8 Å². The monoisotopic (exact) mass is 787 g/mol. The Kier molecular flexibility index (Phi) is 11.8. The van der Waals surface area contributed by atoms with Crippen LogP contribution in [-0.4, -0.2) is 160 Å². The summed E-state index contributed by atoms with van der Waals surface area (Å²) in [5.74, 6) is 2.49. The van der Waals surface area contributed by atoms with Gasteiger partial charge in [0, 0.05) is 25.1 Å². The topological polar surface area (TPSA) is 189 Å². The van der Waals surface area contributed by atoms with Crippen molar-refractivity contribution in [2.45, 2.75) is 29.8 Å². The molecule has 16 nitrogen and oxygen atoms in total. The van der Waals surface area contributed by atoms with Crippen LogP contribution in [-0.2, 0) is 17.2 Å². The number of carbonyl (C=O) groups is 4. The molecule has 0 aliphatic carbocycles. The van der Waals surface area contributed by atoms with Crippen molar-refractivity contribution >= 4 is 128 Å². The van der Waals surface area contributed by atoms with Crippen LogP contribution >= 0.6 is 0 Å². The number of nitrogens with zero attached hydrogens (tertiary/aromatic N) is 7. The second-order valence-corrected chi connectivity index (χ2v) is 17.9. The van der Waals surface area contributed by atoms with Gasteiger partial charge >= 0.3 is 53.0 Å². The fourth-order valence-corrected chi connectivity index (χ4v) is 9.80. The first-order chi connectivity index (χ1) is 25.6. The number of amidine groups is 1. The molecule has 21 heteroatoms. The molecule has 2 aromatic carbocycles. The van der Waals surface area contributed by atoms with Gasteiger partial charge in [0.1, 0.15) is 28.7 Å². The Hall–Kier alpha value is -3.37. The summed E-state index contributed by atoms with van der Waals surface area (Å²) in [6.45, 7) is 1.76. The highest BCUT2D eigenvalue weighted by molar-refractivity contribution is 6.53. The normalized spacial score (nSPS) is 20.4. The van der Waals surface area contributed by atoms with E-state index in [1.54, 1.807) is 24.3 Å². The highest BCUT2D eigenvalue weighted by Gasteiger charge is 2.49. The maximum atomic E-state index is 13.8. The number of hydrogen-bond donors (Lipinski definition) is 1. The summed E-state index contributed by atoms with van der Waals surface area (Å²) in [4.78, 5) is 71.6. The zero-order valence-corrected chi connectivity index (χ0v) is 34.6. The number of ether oxygens (including phenoxy) is 2. The summed E-state index contributed by atoms with van der Waals surface area (Å²) in [5.41, 5.74) is -0.488. The summed E-state index contributed by atoms with van der Waals surface area (Å²) >= 11 is -2.63. The van der Waals surface area contributed by atoms with Gasteiger partial charge < -0.3 is 28.7 Å². The Bertz CT molecular complexity index is 2040. The van der Waals surface area contributed by atoms with Gasteiger partial charge in [0.25, 0.3) is 11.9 Å². The number of imide groups is 2. The largest absolute Gasteiger partial charge is 0.884 e. The van der Waals surface area contributed by atoms with Gasteiger partial charge in [-0.25, -0.2) is 9.98 Å². The van der Waals surface area contributed by atoms with Crippen molar-refractivity contribution < 1.29 is 36.2 Å². The molecule has 2 fully saturated rings. The van der Waals surface area contributed by atoms with E-state index in [1.807, 2.05) is 30.5 Å². The Morgan fingerprint density at radius 2 is 1.53 bits per heavy atom. The molecule has 3 atom stereocenters. The van der Waals surface area contributed by atoms with Gasteiger partial charge in [-0.15, -0.1) is 20.4 Å². The number of nitrogens with one attached hydrogen (secondary N) is 1. The number of aliphatic imine (C=N–C) groups is 2. The standard InChI is InChI=1S/C18H9N3O4.C6H8N3O.C5H6N2O3.3CH3.5Al/c22-15-13-14(16(23)20-15)19-18(25-12-9-5-2-6-10-12)21-17(13)24-11-7-3-1-4-8-11;10-6-8-2-4-1-7-3-5(4)9-6;6-4(9)2-1-3(8)7-5(2)10;;;;;;;;/h3-10H,(H,20,22,23);2,4-5H,1,3H2,(H,9,10);2H,1H2,(H3,6,7,8,9,10);3*1H3;;;;;/q;-1;;;;;;;+1;2*+2/p-4. The van der Waals surface area contributed by atoms with Crippen molar-refractivity contribution in [3.05, 3.63) is 59.8 Å². The van der Waals surface area contributed by atoms with Gasteiger partial charge in [-0.3, -0.25) is 24.6 Å². The second kappa shape index (κ2) is 16.6. The summed E-state index contributed by atoms with van der Waals surface area (Å²) in [6.07, 6.45) is 1.47. The molecule has 5 radical (unpaired) electrons.